The van der Waals surface area contributed by atoms with Gasteiger partial charge in [-0.15, -0.1) is 12.4 Å². The molecule has 0 aromatic heterocycles. The number of aliphatic hydroxyl groups is 1. The SMILES string of the molecule is CC(C)(O)c1ccc(C(=O)N=C(N)N)cc1S(C)(=O)=O.Cl. The van der Waals surface area contributed by atoms with E-state index in [2.05, 4.69) is 4.99 Å². The van der Waals surface area contributed by atoms with E-state index >= 15 is 0 Å². The minimum atomic E-state index is -3.62. The van der Waals surface area contributed by atoms with Crippen molar-refractivity contribution in [2.24, 2.45) is 16.5 Å². The number of carbonyl (C=O) groups excluding carboxylic acids is 1. The molecule has 118 valence electrons. The van der Waals surface area contributed by atoms with Crippen LogP contribution in [0.2, 0.25) is 0 Å². The number of nitrogens with zero attached hydrogens (tertiary/aromatic N) is 1. The lowest BCUT2D eigenvalue weighted by Crippen LogP contribution is -2.24. The molecular weight excluding hydrogens is 318 g/mol. The Bertz CT molecular complexity index is 674. The monoisotopic (exact) mass is 335 g/mol. The summed E-state index contributed by atoms with van der Waals surface area (Å²) >= 11 is 0. The molecule has 7 nitrogen and oxygen atoms in total. The number of hydrogen-bond acceptors (Lipinski definition) is 4. The molecule has 0 radical (unpaired) electrons. The van der Waals surface area contributed by atoms with Crippen LogP contribution in [-0.2, 0) is 15.4 Å². The molecule has 0 saturated heterocycles. The Morgan fingerprint density at radius 3 is 2.19 bits per heavy atom. The highest BCUT2D eigenvalue weighted by atomic mass is 35.5. The molecule has 0 aliphatic rings. The summed E-state index contributed by atoms with van der Waals surface area (Å²) in [5.74, 6) is -1.17. The zero-order valence-corrected chi connectivity index (χ0v) is 13.5. The van der Waals surface area contributed by atoms with Gasteiger partial charge in [0, 0.05) is 17.4 Å². The Morgan fingerprint density at radius 2 is 1.81 bits per heavy atom. The number of carbonyl (C=O) groups is 1. The zero-order chi connectivity index (χ0) is 15.7. The van der Waals surface area contributed by atoms with Gasteiger partial charge in [0.05, 0.1) is 10.5 Å². The van der Waals surface area contributed by atoms with Gasteiger partial charge in [0.15, 0.2) is 15.8 Å². The molecule has 1 rings (SSSR count). The first-order valence-electron chi connectivity index (χ1n) is 5.64. The van der Waals surface area contributed by atoms with Gasteiger partial charge in [0.25, 0.3) is 5.91 Å². The highest BCUT2D eigenvalue weighted by Crippen LogP contribution is 2.28. The summed E-state index contributed by atoms with van der Waals surface area (Å²) in [7, 11) is -3.62. The van der Waals surface area contributed by atoms with E-state index in [-0.39, 0.29) is 28.4 Å². The first kappa shape index (κ1) is 19.4. The van der Waals surface area contributed by atoms with E-state index in [0.717, 1.165) is 12.3 Å². The summed E-state index contributed by atoms with van der Waals surface area (Å²) < 4.78 is 23.6. The van der Waals surface area contributed by atoms with Gasteiger partial charge in [-0.05, 0) is 26.0 Å². The first-order valence-corrected chi connectivity index (χ1v) is 7.53. The average Bonchev–Trinajstić information content (AvgIpc) is 2.24. The van der Waals surface area contributed by atoms with Crippen LogP contribution in [0.3, 0.4) is 0 Å². The standard InChI is InChI=1S/C12H17N3O4S.ClH/c1-12(2,17)8-5-4-7(10(16)15-11(13)14)6-9(8)20(3,18)19;/h4-6,17H,1-3H3,(H4,13,14,15,16);1H. The van der Waals surface area contributed by atoms with Crippen LogP contribution >= 0.6 is 12.4 Å². The lowest BCUT2D eigenvalue weighted by Gasteiger charge is -2.21. The van der Waals surface area contributed by atoms with Gasteiger partial charge in [-0.25, -0.2) is 8.42 Å². The predicted molar refractivity (Wildman–Crippen MR) is 82.2 cm³/mol. The van der Waals surface area contributed by atoms with Crippen LogP contribution in [0.15, 0.2) is 28.1 Å². The van der Waals surface area contributed by atoms with Crippen molar-refractivity contribution in [3.63, 3.8) is 0 Å². The van der Waals surface area contributed by atoms with Crippen LogP contribution in [0.5, 0.6) is 0 Å². The van der Waals surface area contributed by atoms with E-state index in [9.17, 15) is 18.3 Å². The summed E-state index contributed by atoms with van der Waals surface area (Å²) in [6.07, 6.45) is 0.992. The average molecular weight is 336 g/mol. The second kappa shape index (κ2) is 6.42. The Morgan fingerprint density at radius 1 is 1.29 bits per heavy atom. The maximum absolute atomic E-state index is 11.8. The molecule has 0 fully saturated rings. The number of hydrogen-bond donors (Lipinski definition) is 3. The maximum atomic E-state index is 11.8. The number of rotatable bonds is 3. The molecule has 0 aliphatic carbocycles. The Balaban J connectivity index is 0.00000400. The number of amides is 1. The van der Waals surface area contributed by atoms with Crippen LogP contribution in [-0.4, -0.2) is 31.6 Å². The number of benzene rings is 1. The quantitative estimate of drug-likeness (QED) is 0.531. The van der Waals surface area contributed by atoms with Crippen LogP contribution in [0.4, 0.5) is 0 Å². The van der Waals surface area contributed by atoms with E-state index < -0.39 is 27.3 Å². The smallest absolute Gasteiger partial charge is 0.280 e. The van der Waals surface area contributed by atoms with Gasteiger partial charge >= 0.3 is 0 Å². The number of sulfone groups is 1. The van der Waals surface area contributed by atoms with Crippen molar-refractivity contribution in [1.29, 1.82) is 0 Å². The van der Waals surface area contributed by atoms with Crippen molar-refractivity contribution < 1.29 is 18.3 Å². The molecule has 0 spiro atoms. The Kier molecular flexibility index (Phi) is 5.92. The number of halogens is 1. The van der Waals surface area contributed by atoms with E-state index in [1.165, 1.54) is 26.0 Å². The minimum Gasteiger partial charge on any atom is -0.386 e. The van der Waals surface area contributed by atoms with Gasteiger partial charge in [0.2, 0.25) is 0 Å². The van der Waals surface area contributed by atoms with Crippen molar-refractivity contribution in [3.05, 3.63) is 29.3 Å². The van der Waals surface area contributed by atoms with Crippen molar-refractivity contribution in [2.75, 3.05) is 6.26 Å². The first-order chi connectivity index (χ1) is 8.93. The van der Waals surface area contributed by atoms with Gasteiger partial charge in [-0.1, -0.05) is 6.07 Å². The highest BCUT2D eigenvalue weighted by Gasteiger charge is 2.26. The van der Waals surface area contributed by atoms with Gasteiger partial charge < -0.3 is 16.6 Å². The van der Waals surface area contributed by atoms with Crippen molar-refractivity contribution in [1.82, 2.24) is 0 Å². The molecular formula is C12H18ClN3O4S. The second-order valence-corrected chi connectivity index (χ2v) is 6.87. The molecule has 0 aliphatic heterocycles. The fourth-order valence-corrected chi connectivity index (χ4v) is 2.71. The summed E-state index contributed by atoms with van der Waals surface area (Å²) in [6, 6.07) is 3.88. The minimum absolute atomic E-state index is 0. The van der Waals surface area contributed by atoms with E-state index in [1.54, 1.807) is 0 Å². The van der Waals surface area contributed by atoms with E-state index in [4.69, 9.17) is 11.5 Å². The molecule has 1 amide bonds. The zero-order valence-electron chi connectivity index (χ0n) is 11.8. The Hall–Kier alpha value is -1.64. The summed E-state index contributed by atoms with van der Waals surface area (Å²) in [5.41, 5.74) is 9.06. The fourth-order valence-electron chi connectivity index (χ4n) is 1.65. The van der Waals surface area contributed by atoms with Gasteiger partial charge in [-0.3, -0.25) is 4.79 Å². The number of aliphatic imine (C=N–C) groups is 1. The van der Waals surface area contributed by atoms with Crippen molar-refractivity contribution in [3.8, 4) is 0 Å². The Labute approximate surface area is 129 Å². The lowest BCUT2D eigenvalue weighted by molar-refractivity contribution is 0.0754. The summed E-state index contributed by atoms with van der Waals surface area (Å²) in [4.78, 5) is 14.9. The van der Waals surface area contributed by atoms with E-state index in [0.29, 0.717) is 0 Å². The predicted octanol–water partition coefficient (Wildman–Crippen LogP) is 0.153. The highest BCUT2D eigenvalue weighted by molar-refractivity contribution is 7.90. The van der Waals surface area contributed by atoms with Crippen LogP contribution < -0.4 is 11.5 Å². The second-order valence-electron chi connectivity index (χ2n) is 4.88. The molecule has 9 heteroatoms. The molecule has 0 bridgehead atoms. The molecule has 0 saturated carbocycles. The maximum Gasteiger partial charge on any atom is 0.280 e. The van der Waals surface area contributed by atoms with Crippen LogP contribution in [0.25, 0.3) is 0 Å². The van der Waals surface area contributed by atoms with Gasteiger partial charge in [0.1, 0.15) is 0 Å². The third-order valence-electron chi connectivity index (χ3n) is 2.52. The number of guanidine groups is 1. The summed E-state index contributed by atoms with van der Waals surface area (Å²) in [5, 5.41) is 9.99. The third kappa shape index (κ3) is 5.00. The van der Waals surface area contributed by atoms with Crippen LogP contribution in [0.1, 0.15) is 29.8 Å². The van der Waals surface area contributed by atoms with Crippen LogP contribution in [0, 0.1) is 0 Å². The molecule has 0 unspecified atom stereocenters. The molecule has 0 atom stereocenters. The van der Waals surface area contributed by atoms with E-state index in [1.807, 2.05) is 0 Å². The largest absolute Gasteiger partial charge is 0.386 e. The number of nitrogens with two attached hydrogens (primary N) is 2. The molecule has 0 heterocycles. The van der Waals surface area contributed by atoms with Gasteiger partial charge in [-0.2, -0.15) is 4.99 Å². The normalized spacial score (nSPS) is 11.4. The third-order valence-corrected chi connectivity index (χ3v) is 3.65. The fraction of sp³-hybridized carbons (Fsp3) is 0.333. The van der Waals surface area contributed by atoms with Crippen molar-refractivity contribution in [2.45, 2.75) is 24.3 Å². The van der Waals surface area contributed by atoms with Crippen molar-refractivity contribution >= 4 is 34.1 Å². The molecule has 21 heavy (non-hydrogen) atoms. The summed E-state index contributed by atoms with van der Waals surface area (Å²) in [6.45, 7) is 2.91. The molecule has 5 N–H and O–H groups in total. The lowest BCUT2D eigenvalue weighted by atomic mass is 9.97. The molecule has 1 aromatic carbocycles. The topological polar surface area (TPSA) is 136 Å². The molecule has 1 aromatic rings.